The zero-order valence-electron chi connectivity index (χ0n) is 13.2. The Morgan fingerprint density at radius 1 is 1.30 bits per heavy atom. The van der Waals surface area contributed by atoms with Gasteiger partial charge in [-0.3, -0.25) is 14.5 Å². The smallest absolute Gasteiger partial charge is 0.325 e. The molecule has 1 aliphatic rings. The molecule has 0 aromatic heterocycles. The second kappa shape index (κ2) is 6.76. The van der Waals surface area contributed by atoms with Crippen LogP contribution in [-0.2, 0) is 16.1 Å². The van der Waals surface area contributed by atoms with Crippen molar-refractivity contribution in [1.82, 2.24) is 15.5 Å². The summed E-state index contributed by atoms with van der Waals surface area (Å²) >= 11 is 0. The Labute approximate surface area is 134 Å². The highest BCUT2D eigenvalue weighted by Gasteiger charge is 2.43. The van der Waals surface area contributed by atoms with E-state index in [2.05, 4.69) is 10.6 Å². The first kappa shape index (κ1) is 16.9. The van der Waals surface area contributed by atoms with E-state index < -0.39 is 11.6 Å². The maximum absolute atomic E-state index is 13.4. The first-order valence-corrected chi connectivity index (χ1v) is 7.45. The van der Waals surface area contributed by atoms with Crippen LogP contribution in [0, 0.1) is 5.82 Å². The summed E-state index contributed by atoms with van der Waals surface area (Å²) in [7, 11) is 0. The van der Waals surface area contributed by atoms with Gasteiger partial charge in [0.25, 0.3) is 5.91 Å². The summed E-state index contributed by atoms with van der Waals surface area (Å²) in [6.45, 7) is 3.56. The lowest BCUT2D eigenvalue weighted by atomic mass is 10.1. The second-order valence-corrected chi connectivity index (χ2v) is 5.98. The number of carbonyl (C=O) groups excluding carboxylic acids is 3. The van der Waals surface area contributed by atoms with Gasteiger partial charge in [-0.2, -0.15) is 0 Å². The summed E-state index contributed by atoms with van der Waals surface area (Å²) < 4.78 is 13.4. The van der Waals surface area contributed by atoms with Crippen molar-refractivity contribution in [3.05, 3.63) is 35.6 Å². The van der Waals surface area contributed by atoms with Crippen molar-refractivity contribution >= 4 is 17.8 Å². The fourth-order valence-electron chi connectivity index (χ4n) is 2.34. The van der Waals surface area contributed by atoms with E-state index in [0.29, 0.717) is 12.0 Å². The van der Waals surface area contributed by atoms with Gasteiger partial charge in [0.05, 0.1) is 0 Å². The lowest BCUT2D eigenvalue weighted by Crippen LogP contribution is -2.40. The van der Waals surface area contributed by atoms with Gasteiger partial charge in [-0.15, -0.1) is 0 Å². The van der Waals surface area contributed by atoms with Crippen LogP contribution in [-0.4, -0.2) is 34.8 Å². The van der Waals surface area contributed by atoms with Gasteiger partial charge in [0.2, 0.25) is 5.91 Å². The van der Waals surface area contributed by atoms with Gasteiger partial charge in [-0.1, -0.05) is 18.2 Å². The van der Waals surface area contributed by atoms with E-state index in [0.717, 1.165) is 4.90 Å². The second-order valence-electron chi connectivity index (χ2n) is 5.98. The van der Waals surface area contributed by atoms with E-state index in [1.807, 2.05) is 0 Å². The molecule has 6 nitrogen and oxygen atoms in total. The number of urea groups is 1. The van der Waals surface area contributed by atoms with Crippen molar-refractivity contribution in [2.24, 2.45) is 0 Å². The van der Waals surface area contributed by atoms with Gasteiger partial charge in [-0.05, 0) is 26.3 Å². The van der Waals surface area contributed by atoms with E-state index in [1.165, 1.54) is 6.07 Å². The molecule has 4 amide bonds. The summed E-state index contributed by atoms with van der Waals surface area (Å²) in [5, 5.41) is 5.20. The molecule has 0 spiro atoms. The van der Waals surface area contributed by atoms with Crippen LogP contribution in [0.5, 0.6) is 0 Å². The summed E-state index contributed by atoms with van der Waals surface area (Å²) in [6.07, 6.45) is 0.518. The van der Waals surface area contributed by atoms with Crippen molar-refractivity contribution in [3.63, 3.8) is 0 Å². The average Bonchev–Trinajstić information content (AvgIpc) is 2.68. The molecule has 1 aromatic carbocycles. The number of imide groups is 1. The first-order valence-electron chi connectivity index (χ1n) is 7.45. The molecule has 1 heterocycles. The van der Waals surface area contributed by atoms with Crippen molar-refractivity contribution in [2.45, 2.75) is 38.8 Å². The Hall–Kier alpha value is -2.44. The lowest BCUT2D eigenvalue weighted by molar-refractivity contribution is -0.130. The molecular weight excluding hydrogens is 301 g/mol. The highest BCUT2D eigenvalue weighted by molar-refractivity contribution is 6.06. The Balaban J connectivity index is 1.74. The van der Waals surface area contributed by atoms with E-state index in [-0.39, 0.29) is 37.1 Å². The Bertz CT molecular complexity index is 631. The zero-order chi connectivity index (χ0) is 17.0. The minimum atomic E-state index is -0.899. The van der Waals surface area contributed by atoms with E-state index in [4.69, 9.17) is 0 Å². The topological polar surface area (TPSA) is 78.5 Å². The quantitative estimate of drug-likeness (QED) is 0.780. The van der Waals surface area contributed by atoms with Crippen molar-refractivity contribution in [2.75, 3.05) is 6.54 Å². The number of hydrogen-bond acceptors (Lipinski definition) is 3. The molecule has 0 unspecified atom stereocenters. The molecule has 2 N–H and O–H groups in total. The van der Waals surface area contributed by atoms with Crippen LogP contribution in [0.4, 0.5) is 9.18 Å². The molecule has 124 valence electrons. The van der Waals surface area contributed by atoms with Gasteiger partial charge in [0.15, 0.2) is 0 Å². The fourth-order valence-corrected chi connectivity index (χ4v) is 2.34. The van der Waals surface area contributed by atoms with E-state index in [9.17, 15) is 18.8 Å². The molecule has 1 aromatic rings. The molecule has 0 aliphatic carbocycles. The Kier molecular flexibility index (Phi) is 4.98. The molecular formula is C16H20FN3O3. The molecule has 0 atom stereocenters. The minimum absolute atomic E-state index is 0.113. The molecule has 0 bridgehead atoms. The van der Waals surface area contributed by atoms with Gasteiger partial charge in [0, 0.05) is 25.1 Å². The molecule has 1 aliphatic heterocycles. The van der Waals surface area contributed by atoms with Crippen molar-refractivity contribution < 1.29 is 18.8 Å². The van der Waals surface area contributed by atoms with Gasteiger partial charge >= 0.3 is 6.03 Å². The van der Waals surface area contributed by atoms with Gasteiger partial charge < -0.3 is 10.6 Å². The highest BCUT2D eigenvalue weighted by Crippen LogP contribution is 2.17. The number of nitrogens with zero attached hydrogens (tertiary/aromatic N) is 1. The van der Waals surface area contributed by atoms with Gasteiger partial charge in [0.1, 0.15) is 11.4 Å². The van der Waals surface area contributed by atoms with Crippen LogP contribution in [0.1, 0.15) is 32.3 Å². The summed E-state index contributed by atoms with van der Waals surface area (Å²) in [4.78, 5) is 36.5. The summed E-state index contributed by atoms with van der Waals surface area (Å²) in [5.74, 6) is -0.914. The van der Waals surface area contributed by atoms with E-state index in [1.54, 1.807) is 32.0 Å². The number of carbonyl (C=O) groups is 3. The molecule has 2 rings (SSSR count). The van der Waals surface area contributed by atoms with Crippen molar-refractivity contribution in [1.29, 1.82) is 0 Å². The number of halogens is 1. The highest BCUT2D eigenvalue weighted by atomic mass is 19.1. The number of hydrogen-bond donors (Lipinski definition) is 2. The molecule has 1 fully saturated rings. The normalized spacial score (nSPS) is 16.4. The number of benzene rings is 1. The SMILES string of the molecule is CC1(C)NC(=O)N(CCCC(=O)NCc2ccccc2F)C1=O. The minimum Gasteiger partial charge on any atom is -0.352 e. The third kappa shape index (κ3) is 4.06. The predicted molar refractivity (Wildman–Crippen MR) is 81.8 cm³/mol. The number of amides is 4. The largest absolute Gasteiger partial charge is 0.352 e. The standard InChI is InChI=1S/C16H20FN3O3/c1-16(2)14(22)20(15(23)19-16)9-5-8-13(21)18-10-11-6-3-4-7-12(11)17/h3-4,6-7H,5,8-10H2,1-2H3,(H,18,21)(H,19,23). The van der Waals surface area contributed by atoms with Crippen molar-refractivity contribution in [3.8, 4) is 0 Å². The van der Waals surface area contributed by atoms with E-state index >= 15 is 0 Å². The summed E-state index contributed by atoms with van der Waals surface area (Å²) in [6, 6.07) is 5.78. The third-order valence-corrected chi connectivity index (χ3v) is 3.66. The molecule has 23 heavy (non-hydrogen) atoms. The average molecular weight is 321 g/mol. The van der Waals surface area contributed by atoms with Crippen LogP contribution in [0.2, 0.25) is 0 Å². The third-order valence-electron chi connectivity index (χ3n) is 3.66. The van der Waals surface area contributed by atoms with Crippen LogP contribution in [0.3, 0.4) is 0 Å². The fraction of sp³-hybridized carbons (Fsp3) is 0.438. The number of nitrogens with one attached hydrogen (secondary N) is 2. The lowest BCUT2D eigenvalue weighted by Gasteiger charge is -2.15. The van der Waals surface area contributed by atoms with Gasteiger partial charge in [-0.25, -0.2) is 9.18 Å². The monoisotopic (exact) mass is 321 g/mol. The Morgan fingerprint density at radius 3 is 2.61 bits per heavy atom. The van der Waals surface area contributed by atoms with Crippen LogP contribution < -0.4 is 10.6 Å². The van der Waals surface area contributed by atoms with Crippen LogP contribution in [0.15, 0.2) is 24.3 Å². The number of rotatable bonds is 6. The molecule has 0 radical (unpaired) electrons. The Morgan fingerprint density at radius 2 is 2.00 bits per heavy atom. The summed E-state index contributed by atoms with van der Waals surface area (Å²) in [5.41, 5.74) is -0.485. The van der Waals surface area contributed by atoms with Crippen LogP contribution in [0.25, 0.3) is 0 Å². The molecule has 0 saturated carbocycles. The zero-order valence-corrected chi connectivity index (χ0v) is 13.2. The predicted octanol–water partition coefficient (Wildman–Crippen LogP) is 1.55. The van der Waals surface area contributed by atoms with Crippen LogP contribution >= 0.6 is 0 Å². The maximum atomic E-state index is 13.4. The maximum Gasteiger partial charge on any atom is 0.325 e. The first-order chi connectivity index (χ1) is 10.8. The molecule has 1 saturated heterocycles. The molecule has 7 heteroatoms.